The molecule has 2 unspecified atom stereocenters. The highest BCUT2D eigenvalue weighted by Crippen LogP contribution is 2.30. The highest BCUT2D eigenvalue weighted by Gasteiger charge is 2.23. The molecule has 2 atom stereocenters. The van der Waals surface area contributed by atoms with E-state index in [0.717, 1.165) is 54.9 Å². The Balaban J connectivity index is 0.000000790. The van der Waals surface area contributed by atoms with Gasteiger partial charge in [-0.25, -0.2) is 0 Å². The van der Waals surface area contributed by atoms with Gasteiger partial charge in [0.2, 0.25) is 0 Å². The van der Waals surface area contributed by atoms with E-state index in [9.17, 15) is 5.11 Å². The molecule has 1 saturated heterocycles. The van der Waals surface area contributed by atoms with E-state index in [1.165, 1.54) is 12.5 Å². The summed E-state index contributed by atoms with van der Waals surface area (Å²) >= 11 is 0. The fourth-order valence-electron chi connectivity index (χ4n) is 3.85. The van der Waals surface area contributed by atoms with Crippen LogP contribution in [-0.4, -0.2) is 89.5 Å². The average molecular weight is 689 g/mol. The van der Waals surface area contributed by atoms with Crippen molar-refractivity contribution in [1.82, 2.24) is 0 Å². The Bertz CT molecular complexity index is 1180. The SMILES string of the molecule is C.C=COCCCCO.C=COCCCCOCC(O)COc1ccc(C=CC)cc1OC.CC=Cc1ccc(OCC2CO2)c(OC)c1. The Morgan fingerprint density at radius 2 is 1.29 bits per heavy atom. The van der Waals surface area contributed by atoms with E-state index >= 15 is 0 Å². The zero-order chi connectivity index (χ0) is 35.2. The lowest BCUT2D eigenvalue weighted by atomic mass is 10.2. The summed E-state index contributed by atoms with van der Waals surface area (Å²) in [5, 5.41) is 18.2. The van der Waals surface area contributed by atoms with Crippen molar-refractivity contribution in [2.75, 3.05) is 67.1 Å². The van der Waals surface area contributed by atoms with E-state index in [1.54, 1.807) is 14.2 Å². The van der Waals surface area contributed by atoms with Gasteiger partial charge in [0.05, 0.1) is 53.2 Å². The number of unbranched alkanes of at least 4 members (excludes halogenated alkanes) is 2. The van der Waals surface area contributed by atoms with E-state index in [4.69, 9.17) is 43.0 Å². The van der Waals surface area contributed by atoms with Gasteiger partial charge in [0, 0.05) is 13.2 Å². The maximum Gasteiger partial charge on any atom is 0.161 e. The van der Waals surface area contributed by atoms with Gasteiger partial charge in [-0.15, -0.1) is 0 Å². The minimum absolute atomic E-state index is 0. The number of hydrogen-bond acceptors (Lipinski definition) is 10. The Kier molecular flexibility index (Phi) is 27.7. The highest BCUT2D eigenvalue weighted by atomic mass is 16.6. The van der Waals surface area contributed by atoms with Crippen LogP contribution in [0.15, 0.2) is 74.2 Å². The number of benzene rings is 2. The van der Waals surface area contributed by atoms with E-state index < -0.39 is 6.10 Å². The zero-order valence-electron chi connectivity index (χ0n) is 29.1. The number of hydrogen-bond donors (Lipinski definition) is 2. The minimum Gasteiger partial charge on any atom is -0.502 e. The molecule has 1 aliphatic heterocycles. The van der Waals surface area contributed by atoms with Crippen LogP contribution in [0.4, 0.5) is 0 Å². The lowest BCUT2D eigenvalue weighted by molar-refractivity contribution is 0.00976. The van der Waals surface area contributed by atoms with Crippen molar-refractivity contribution in [2.45, 2.75) is 59.2 Å². The van der Waals surface area contributed by atoms with Crippen LogP contribution < -0.4 is 18.9 Å². The molecule has 2 aromatic rings. The van der Waals surface area contributed by atoms with Crippen molar-refractivity contribution < 1.29 is 48.1 Å². The molecule has 0 aliphatic carbocycles. The van der Waals surface area contributed by atoms with E-state index in [0.29, 0.717) is 37.9 Å². The summed E-state index contributed by atoms with van der Waals surface area (Å²) in [4.78, 5) is 0. The number of methoxy groups -OCH3 is 2. The molecule has 0 saturated carbocycles. The van der Waals surface area contributed by atoms with E-state index in [-0.39, 0.29) is 33.4 Å². The summed E-state index contributed by atoms with van der Waals surface area (Å²) in [5.41, 5.74) is 2.14. The second kappa shape index (κ2) is 30.1. The second-order valence-corrected chi connectivity index (χ2v) is 10.3. The number of rotatable bonds is 23. The van der Waals surface area contributed by atoms with Crippen LogP contribution in [0.2, 0.25) is 0 Å². The Morgan fingerprint density at radius 3 is 1.76 bits per heavy atom. The van der Waals surface area contributed by atoms with Crippen molar-refractivity contribution in [3.05, 3.63) is 85.4 Å². The number of aliphatic hydroxyl groups is 2. The van der Waals surface area contributed by atoms with Crippen molar-refractivity contribution in [3.63, 3.8) is 0 Å². The van der Waals surface area contributed by atoms with Crippen LogP contribution in [0, 0.1) is 0 Å². The van der Waals surface area contributed by atoms with Crippen LogP contribution in [-0.2, 0) is 18.9 Å². The lowest BCUT2D eigenvalue weighted by Crippen LogP contribution is -2.23. The monoisotopic (exact) mass is 688 g/mol. The predicted octanol–water partition coefficient (Wildman–Crippen LogP) is 7.49. The summed E-state index contributed by atoms with van der Waals surface area (Å²) < 4.78 is 42.2. The number of allylic oxidation sites excluding steroid dienone is 2. The molecule has 276 valence electrons. The summed E-state index contributed by atoms with van der Waals surface area (Å²) in [5.74, 6) is 2.77. The molecular weight excluding hydrogens is 628 g/mol. The quantitative estimate of drug-likeness (QED) is 0.0691. The van der Waals surface area contributed by atoms with E-state index in [1.807, 2.05) is 74.5 Å². The van der Waals surface area contributed by atoms with Gasteiger partial charge < -0.3 is 48.1 Å². The van der Waals surface area contributed by atoms with Gasteiger partial charge in [-0.05, 0) is 74.9 Å². The van der Waals surface area contributed by atoms with Crippen molar-refractivity contribution in [2.24, 2.45) is 0 Å². The molecule has 1 aliphatic rings. The third-order valence-corrected chi connectivity index (χ3v) is 6.37. The fourth-order valence-corrected chi connectivity index (χ4v) is 3.85. The second-order valence-electron chi connectivity index (χ2n) is 10.3. The smallest absolute Gasteiger partial charge is 0.161 e. The largest absolute Gasteiger partial charge is 0.502 e. The molecule has 10 nitrogen and oxygen atoms in total. The zero-order valence-corrected chi connectivity index (χ0v) is 29.1. The predicted molar refractivity (Wildman–Crippen MR) is 198 cm³/mol. The molecule has 0 bridgehead atoms. The summed E-state index contributed by atoms with van der Waals surface area (Å²) in [7, 11) is 3.24. The maximum atomic E-state index is 9.91. The molecular formula is C39H60O10. The van der Waals surface area contributed by atoms with Gasteiger partial charge in [-0.3, -0.25) is 0 Å². The van der Waals surface area contributed by atoms with Gasteiger partial charge in [0.1, 0.15) is 25.4 Å². The first kappa shape index (κ1) is 45.0. The highest BCUT2D eigenvalue weighted by molar-refractivity contribution is 5.56. The van der Waals surface area contributed by atoms with Gasteiger partial charge in [0.25, 0.3) is 0 Å². The summed E-state index contributed by atoms with van der Waals surface area (Å²) in [6.07, 6.45) is 13.9. The first-order valence-corrected chi connectivity index (χ1v) is 16.3. The molecule has 49 heavy (non-hydrogen) atoms. The number of aliphatic hydroxyl groups excluding tert-OH is 2. The molecule has 2 N–H and O–H groups in total. The molecule has 0 amide bonds. The maximum absolute atomic E-state index is 9.91. The molecule has 10 heteroatoms. The number of epoxide rings is 1. The minimum atomic E-state index is -0.686. The molecule has 3 rings (SSSR count). The van der Waals surface area contributed by atoms with Crippen LogP contribution in [0.1, 0.15) is 58.1 Å². The van der Waals surface area contributed by atoms with Gasteiger partial charge in [-0.1, -0.05) is 57.0 Å². The lowest BCUT2D eigenvalue weighted by Gasteiger charge is -2.15. The van der Waals surface area contributed by atoms with Crippen molar-refractivity contribution >= 4 is 12.2 Å². The van der Waals surface area contributed by atoms with Crippen molar-refractivity contribution in [1.29, 1.82) is 0 Å². The van der Waals surface area contributed by atoms with Gasteiger partial charge >= 0.3 is 0 Å². The Morgan fingerprint density at radius 1 is 0.776 bits per heavy atom. The third-order valence-electron chi connectivity index (χ3n) is 6.37. The third kappa shape index (κ3) is 22.3. The topological polar surface area (TPSA) is 118 Å². The Labute approximate surface area is 294 Å². The first-order chi connectivity index (χ1) is 23.5. The molecule has 1 fully saturated rings. The van der Waals surface area contributed by atoms with Crippen LogP contribution in [0.25, 0.3) is 12.2 Å². The van der Waals surface area contributed by atoms with Crippen LogP contribution in [0.3, 0.4) is 0 Å². The molecule has 0 spiro atoms. The summed E-state index contributed by atoms with van der Waals surface area (Å²) in [6.45, 7) is 14.7. The van der Waals surface area contributed by atoms with Crippen LogP contribution in [0.5, 0.6) is 23.0 Å². The standard InChI is InChI=1S/C19H28O5.C13H16O3.C6H12O2.CH4/c1-4-8-16-9-10-18(19(13-16)21-3)24-15-17(20)14-23-12-7-6-11-22-5-2;1-3-4-10-5-6-12(13(7-10)14-2)16-9-11-8-15-11;1-2-8-6-4-3-5-7;/h4-5,8-10,13,17,20H,2,6-7,11-12,14-15H2,1,3H3;3-7,11H,8-9H2,1-2H3;2,7H,1,3-6H2;1H4. The fraction of sp³-hybridized carbons (Fsp3) is 0.487. The molecule has 2 aromatic carbocycles. The normalized spacial score (nSPS) is 13.5. The Hall–Kier alpha value is -3.96. The van der Waals surface area contributed by atoms with Gasteiger partial charge in [-0.2, -0.15) is 0 Å². The molecule has 1 heterocycles. The molecule has 0 radical (unpaired) electrons. The summed E-state index contributed by atoms with van der Waals surface area (Å²) in [6, 6.07) is 11.6. The van der Waals surface area contributed by atoms with Crippen LogP contribution >= 0.6 is 0 Å². The average Bonchev–Trinajstić information content (AvgIpc) is 3.94. The van der Waals surface area contributed by atoms with E-state index in [2.05, 4.69) is 13.2 Å². The van der Waals surface area contributed by atoms with Gasteiger partial charge in [0.15, 0.2) is 23.0 Å². The first-order valence-electron chi connectivity index (χ1n) is 16.3. The molecule has 0 aromatic heterocycles. The van der Waals surface area contributed by atoms with Crippen molar-refractivity contribution in [3.8, 4) is 23.0 Å². The number of ether oxygens (including phenoxy) is 8.